The smallest absolute Gasteiger partial charge is 0.133 e. The first kappa shape index (κ1) is 14.8. The van der Waals surface area contributed by atoms with Gasteiger partial charge in [-0.15, -0.1) is 0 Å². The van der Waals surface area contributed by atoms with Crippen LogP contribution in [0.25, 0.3) is 0 Å². The Morgan fingerprint density at radius 2 is 2.05 bits per heavy atom. The van der Waals surface area contributed by atoms with Gasteiger partial charge < -0.3 is 5.73 Å². The van der Waals surface area contributed by atoms with Crippen LogP contribution in [0.3, 0.4) is 0 Å². The zero-order valence-corrected chi connectivity index (χ0v) is 12.9. The summed E-state index contributed by atoms with van der Waals surface area (Å²) in [6.45, 7) is 7.45. The van der Waals surface area contributed by atoms with Gasteiger partial charge in [0.2, 0.25) is 0 Å². The summed E-state index contributed by atoms with van der Waals surface area (Å²) in [7, 11) is 0. The van der Waals surface area contributed by atoms with Gasteiger partial charge in [0.05, 0.1) is 0 Å². The monoisotopic (exact) mass is 298 g/mol. The topological polar surface area (TPSA) is 29.3 Å². The van der Waals surface area contributed by atoms with Crippen LogP contribution in [0.4, 0.5) is 4.39 Å². The third-order valence-corrected chi connectivity index (χ3v) is 4.64. The summed E-state index contributed by atoms with van der Waals surface area (Å²) in [4.78, 5) is 2.53. The molecular weight excluding hydrogens is 279 g/mol. The molecule has 0 aromatic heterocycles. The van der Waals surface area contributed by atoms with Gasteiger partial charge in [0.1, 0.15) is 10.8 Å². The highest BCUT2D eigenvalue weighted by Gasteiger charge is 2.22. The van der Waals surface area contributed by atoms with Crippen molar-refractivity contribution in [2.24, 2.45) is 5.73 Å². The van der Waals surface area contributed by atoms with Gasteiger partial charge in [-0.1, -0.05) is 32.1 Å². The number of nitrogens with two attached hydrogens (primary N) is 1. The van der Waals surface area contributed by atoms with Crippen molar-refractivity contribution in [3.63, 3.8) is 0 Å². The van der Waals surface area contributed by atoms with E-state index in [0.717, 1.165) is 25.2 Å². The van der Waals surface area contributed by atoms with Crippen LogP contribution in [-0.4, -0.2) is 33.5 Å². The molecule has 1 saturated heterocycles. The van der Waals surface area contributed by atoms with E-state index in [1.807, 2.05) is 17.8 Å². The molecule has 0 bridgehead atoms. The van der Waals surface area contributed by atoms with Crippen molar-refractivity contribution < 1.29 is 4.39 Å². The number of benzene rings is 1. The maximum Gasteiger partial charge on any atom is 0.133 e. The molecule has 1 heterocycles. The Morgan fingerprint density at radius 1 is 1.42 bits per heavy atom. The first-order valence-electron chi connectivity index (χ1n) is 6.41. The number of halogens is 1. The predicted molar refractivity (Wildman–Crippen MR) is 84.1 cm³/mol. The van der Waals surface area contributed by atoms with Gasteiger partial charge in [-0.3, -0.25) is 4.90 Å². The Balaban J connectivity index is 2.10. The van der Waals surface area contributed by atoms with E-state index in [9.17, 15) is 4.39 Å². The quantitative estimate of drug-likeness (QED) is 0.869. The molecule has 1 fully saturated rings. The Labute approximate surface area is 123 Å². The molecule has 0 spiro atoms. The van der Waals surface area contributed by atoms with Crippen molar-refractivity contribution in [1.29, 1.82) is 0 Å². The Morgan fingerprint density at radius 3 is 2.63 bits per heavy atom. The van der Waals surface area contributed by atoms with Crippen LogP contribution >= 0.6 is 24.0 Å². The van der Waals surface area contributed by atoms with Crippen molar-refractivity contribution in [2.75, 3.05) is 13.1 Å². The average molecular weight is 298 g/mol. The third kappa shape index (κ3) is 3.91. The molecule has 1 aliphatic rings. The van der Waals surface area contributed by atoms with Crippen LogP contribution in [0, 0.1) is 5.82 Å². The van der Waals surface area contributed by atoms with Crippen LogP contribution in [0.5, 0.6) is 0 Å². The third-order valence-electron chi connectivity index (χ3n) is 3.20. The van der Waals surface area contributed by atoms with Crippen LogP contribution in [0.2, 0.25) is 0 Å². The maximum absolute atomic E-state index is 13.5. The van der Waals surface area contributed by atoms with Crippen molar-refractivity contribution >= 4 is 29.0 Å². The van der Waals surface area contributed by atoms with Crippen molar-refractivity contribution in [2.45, 2.75) is 30.9 Å². The number of thiocarbonyl (C=S) groups is 1. The number of nitrogens with zero attached hydrogens (tertiary/aromatic N) is 1. The molecule has 2 unspecified atom stereocenters. The highest BCUT2D eigenvalue weighted by atomic mass is 32.2. The second kappa shape index (κ2) is 6.20. The van der Waals surface area contributed by atoms with E-state index in [4.69, 9.17) is 18.0 Å². The molecule has 1 aromatic rings. The average Bonchev–Trinajstić information content (AvgIpc) is 2.30. The van der Waals surface area contributed by atoms with Crippen molar-refractivity contribution in [3.05, 3.63) is 35.1 Å². The molecule has 0 saturated carbocycles. The van der Waals surface area contributed by atoms with Crippen LogP contribution in [-0.2, 0) is 6.54 Å². The van der Waals surface area contributed by atoms with Gasteiger partial charge in [-0.2, -0.15) is 11.8 Å². The van der Waals surface area contributed by atoms with Gasteiger partial charge in [-0.25, -0.2) is 4.39 Å². The molecule has 1 aliphatic heterocycles. The summed E-state index contributed by atoms with van der Waals surface area (Å²) in [6.07, 6.45) is 0. The SMILES string of the molecule is CC1CN(Cc2ccc(F)c(C(N)=S)c2)CC(C)S1. The number of hydrogen-bond donors (Lipinski definition) is 1. The van der Waals surface area contributed by atoms with E-state index in [2.05, 4.69) is 18.7 Å². The molecule has 104 valence electrons. The molecule has 5 heteroatoms. The normalized spacial score (nSPS) is 24.4. The van der Waals surface area contributed by atoms with Gasteiger partial charge in [0, 0.05) is 35.7 Å². The van der Waals surface area contributed by atoms with Gasteiger partial charge in [0.25, 0.3) is 0 Å². The molecule has 19 heavy (non-hydrogen) atoms. The summed E-state index contributed by atoms with van der Waals surface area (Å²) in [5, 5.41) is 1.28. The van der Waals surface area contributed by atoms with Crippen LogP contribution < -0.4 is 5.73 Å². The molecule has 2 N–H and O–H groups in total. The molecule has 1 aromatic carbocycles. The fraction of sp³-hybridized carbons (Fsp3) is 0.500. The Kier molecular flexibility index (Phi) is 4.81. The summed E-state index contributed by atoms with van der Waals surface area (Å²) in [5.74, 6) is -0.341. The van der Waals surface area contributed by atoms with E-state index in [1.165, 1.54) is 6.07 Å². The Hall–Kier alpha value is -0.650. The first-order valence-corrected chi connectivity index (χ1v) is 7.77. The second-order valence-electron chi connectivity index (χ2n) is 5.13. The molecule has 0 aliphatic carbocycles. The van der Waals surface area contributed by atoms with Crippen molar-refractivity contribution in [3.8, 4) is 0 Å². The van der Waals surface area contributed by atoms with E-state index in [-0.39, 0.29) is 10.8 Å². The minimum Gasteiger partial charge on any atom is -0.389 e. The standard InChI is InChI=1S/C14H19FN2S2/c1-9-6-17(7-10(2)19-9)8-11-3-4-13(15)12(5-11)14(16)18/h3-5,9-10H,6-8H2,1-2H3,(H2,16,18). The van der Waals surface area contributed by atoms with Crippen LogP contribution in [0.15, 0.2) is 18.2 Å². The summed E-state index contributed by atoms with van der Waals surface area (Å²) in [5.41, 5.74) is 6.95. The van der Waals surface area contributed by atoms with E-state index >= 15 is 0 Å². The zero-order valence-electron chi connectivity index (χ0n) is 11.2. The minimum absolute atomic E-state index is 0.121. The van der Waals surface area contributed by atoms with Crippen LogP contribution in [0.1, 0.15) is 25.0 Å². The largest absolute Gasteiger partial charge is 0.389 e. The molecule has 2 rings (SSSR count). The molecule has 2 nitrogen and oxygen atoms in total. The Bertz CT molecular complexity index is 469. The fourth-order valence-electron chi connectivity index (χ4n) is 2.53. The molecular formula is C14H19FN2S2. The number of rotatable bonds is 3. The molecule has 0 amide bonds. The maximum atomic E-state index is 13.5. The number of hydrogen-bond acceptors (Lipinski definition) is 3. The lowest BCUT2D eigenvalue weighted by molar-refractivity contribution is 0.263. The van der Waals surface area contributed by atoms with E-state index in [1.54, 1.807) is 6.07 Å². The lowest BCUT2D eigenvalue weighted by Gasteiger charge is -2.34. The zero-order chi connectivity index (χ0) is 14.0. The lowest BCUT2D eigenvalue weighted by atomic mass is 10.1. The number of thioether (sulfide) groups is 1. The molecule has 2 atom stereocenters. The highest BCUT2D eigenvalue weighted by molar-refractivity contribution is 8.00. The van der Waals surface area contributed by atoms with E-state index < -0.39 is 0 Å². The van der Waals surface area contributed by atoms with Crippen molar-refractivity contribution in [1.82, 2.24) is 4.90 Å². The second-order valence-corrected chi connectivity index (χ2v) is 7.45. The minimum atomic E-state index is -0.341. The highest BCUT2D eigenvalue weighted by Crippen LogP contribution is 2.26. The van der Waals surface area contributed by atoms with Gasteiger partial charge >= 0.3 is 0 Å². The first-order chi connectivity index (χ1) is 8.95. The summed E-state index contributed by atoms with van der Waals surface area (Å²) < 4.78 is 13.5. The summed E-state index contributed by atoms with van der Waals surface area (Å²) >= 11 is 6.90. The fourth-order valence-corrected chi connectivity index (χ4v) is 4.07. The predicted octanol–water partition coefficient (Wildman–Crippen LogP) is 2.79. The van der Waals surface area contributed by atoms with Gasteiger partial charge in [0.15, 0.2) is 0 Å². The molecule has 0 radical (unpaired) electrons. The lowest BCUT2D eigenvalue weighted by Crippen LogP contribution is -2.39. The van der Waals surface area contributed by atoms with Gasteiger partial charge in [-0.05, 0) is 17.7 Å². The van der Waals surface area contributed by atoms with E-state index in [0.29, 0.717) is 16.1 Å². The summed E-state index contributed by atoms with van der Waals surface area (Å²) in [6, 6.07) is 5.04.